The Labute approximate surface area is 129 Å². The molecule has 1 heterocycles. The lowest BCUT2D eigenvalue weighted by Gasteiger charge is -2.03. The summed E-state index contributed by atoms with van der Waals surface area (Å²) in [6.07, 6.45) is 2.83. The molecule has 0 radical (unpaired) electrons. The summed E-state index contributed by atoms with van der Waals surface area (Å²) in [7, 11) is 0. The van der Waals surface area contributed by atoms with Gasteiger partial charge in [-0.2, -0.15) is 0 Å². The highest BCUT2D eigenvalue weighted by Crippen LogP contribution is 2.26. The summed E-state index contributed by atoms with van der Waals surface area (Å²) >= 11 is 0. The molecular weight excluding hydrogens is 266 g/mol. The summed E-state index contributed by atoms with van der Waals surface area (Å²) < 4.78 is 0. The Bertz CT molecular complexity index is 958. The van der Waals surface area contributed by atoms with Gasteiger partial charge in [-0.05, 0) is 41.3 Å². The van der Waals surface area contributed by atoms with Gasteiger partial charge in [-0.25, -0.2) is 0 Å². The maximum atomic E-state index is 3.80. The normalized spacial score (nSPS) is 11.1. The van der Waals surface area contributed by atoms with Crippen LogP contribution in [0.1, 0.15) is 16.7 Å². The molecule has 0 saturated heterocycles. The second-order valence-corrected chi connectivity index (χ2v) is 5.67. The summed E-state index contributed by atoms with van der Waals surface area (Å²) in [4.78, 5) is 3.47. The van der Waals surface area contributed by atoms with Gasteiger partial charge in [0.15, 0.2) is 0 Å². The molecule has 4 aromatic rings. The number of hydrogen-bond acceptors (Lipinski definition) is 0. The van der Waals surface area contributed by atoms with Gasteiger partial charge in [-0.1, -0.05) is 61.2 Å². The van der Waals surface area contributed by atoms with E-state index in [1.165, 1.54) is 32.9 Å². The summed E-state index contributed by atoms with van der Waals surface area (Å²) in [5.41, 5.74) is 6.22. The van der Waals surface area contributed by atoms with Gasteiger partial charge in [-0.3, -0.25) is 0 Å². The maximum Gasteiger partial charge on any atom is 0.0465 e. The van der Waals surface area contributed by atoms with Gasteiger partial charge in [0, 0.05) is 21.8 Å². The van der Waals surface area contributed by atoms with E-state index in [9.17, 15) is 0 Å². The average Bonchev–Trinajstić information content (AvgIpc) is 2.94. The van der Waals surface area contributed by atoms with E-state index in [2.05, 4.69) is 78.3 Å². The lowest BCUT2D eigenvalue weighted by Crippen LogP contribution is -1.88. The fourth-order valence-corrected chi connectivity index (χ4v) is 3.01. The largest absolute Gasteiger partial charge is 0.355 e. The minimum atomic E-state index is 0.951. The maximum absolute atomic E-state index is 3.80. The molecule has 1 aromatic heterocycles. The predicted octanol–water partition coefficient (Wildman–Crippen LogP) is 5.55. The molecule has 3 aromatic carbocycles. The van der Waals surface area contributed by atoms with E-state index in [1.54, 1.807) is 0 Å². The first kappa shape index (κ1) is 12.9. The highest BCUT2D eigenvalue weighted by molar-refractivity contribution is 6.07. The number of nitrogens with one attached hydrogen (secondary N) is 1. The number of aromatic nitrogens is 1. The van der Waals surface area contributed by atoms with Crippen molar-refractivity contribution in [3.63, 3.8) is 0 Å². The van der Waals surface area contributed by atoms with Crippen LogP contribution in [0.5, 0.6) is 0 Å². The number of fused-ring (bicyclic) bond motifs is 3. The number of para-hydroxylation sites is 1. The molecule has 1 N–H and O–H groups in total. The smallest absolute Gasteiger partial charge is 0.0465 e. The first-order chi connectivity index (χ1) is 10.8. The van der Waals surface area contributed by atoms with Crippen molar-refractivity contribution in [3.8, 4) is 0 Å². The Balaban J connectivity index is 1.74. The second-order valence-electron chi connectivity index (χ2n) is 5.67. The monoisotopic (exact) mass is 283 g/mol. The van der Waals surface area contributed by atoms with Crippen molar-refractivity contribution in [2.45, 2.75) is 6.42 Å². The van der Waals surface area contributed by atoms with Crippen LogP contribution in [-0.2, 0) is 6.42 Å². The van der Waals surface area contributed by atoms with Crippen molar-refractivity contribution in [1.29, 1.82) is 0 Å². The molecule has 4 rings (SSSR count). The first-order valence-electron chi connectivity index (χ1n) is 7.54. The lowest BCUT2D eigenvalue weighted by molar-refractivity contribution is 1.20. The standard InChI is InChI=1S/C21H17N/c1-2-15-7-9-16(10-8-15)13-17-11-12-21-19(14-17)18-5-3-4-6-20(18)22-21/h2-12,14,22H,1,13H2. The number of aromatic amines is 1. The third-order valence-corrected chi connectivity index (χ3v) is 4.19. The highest BCUT2D eigenvalue weighted by Gasteiger charge is 2.05. The molecule has 0 spiro atoms. The Morgan fingerprint density at radius 3 is 2.32 bits per heavy atom. The van der Waals surface area contributed by atoms with Gasteiger partial charge in [0.25, 0.3) is 0 Å². The van der Waals surface area contributed by atoms with Crippen LogP contribution in [-0.4, -0.2) is 4.98 Å². The molecule has 22 heavy (non-hydrogen) atoms. The zero-order valence-corrected chi connectivity index (χ0v) is 12.3. The van der Waals surface area contributed by atoms with E-state index in [0.29, 0.717) is 0 Å². The van der Waals surface area contributed by atoms with Gasteiger partial charge in [0.1, 0.15) is 0 Å². The predicted molar refractivity (Wildman–Crippen MR) is 95.1 cm³/mol. The number of hydrogen-bond donors (Lipinski definition) is 1. The zero-order chi connectivity index (χ0) is 14.9. The molecule has 0 aliphatic carbocycles. The molecule has 0 unspecified atom stereocenters. The summed E-state index contributed by atoms with van der Waals surface area (Å²) in [6, 6.07) is 23.7. The Morgan fingerprint density at radius 2 is 1.50 bits per heavy atom. The Morgan fingerprint density at radius 1 is 0.773 bits per heavy atom. The minimum Gasteiger partial charge on any atom is -0.355 e. The van der Waals surface area contributed by atoms with E-state index in [0.717, 1.165) is 12.0 Å². The van der Waals surface area contributed by atoms with E-state index < -0.39 is 0 Å². The first-order valence-corrected chi connectivity index (χ1v) is 7.54. The van der Waals surface area contributed by atoms with Crippen LogP contribution < -0.4 is 0 Å². The fraction of sp³-hybridized carbons (Fsp3) is 0.0476. The average molecular weight is 283 g/mol. The van der Waals surface area contributed by atoms with E-state index in [1.807, 2.05) is 6.08 Å². The summed E-state index contributed by atoms with van der Waals surface area (Å²) in [5.74, 6) is 0. The van der Waals surface area contributed by atoms with Gasteiger partial charge < -0.3 is 4.98 Å². The Kier molecular flexibility index (Phi) is 3.05. The van der Waals surface area contributed by atoms with Gasteiger partial charge in [-0.15, -0.1) is 0 Å². The quantitative estimate of drug-likeness (QED) is 0.507. The van der Waals surface area contributed by atoms with Crippen LogP contribution in [0.15, 0.2) is 73.3 Å². The van der Waals surface area contributed by atoms with E-state index >= 15 is 0 Å². The topological polar surface area (TPSA) is 15.8 Å². The summed E-state index contributed by atoms with van der Waals surface area (Å²) in [6.45, 7) is 3.80. The number of rotatable bonds is 3. The molecule has 0 atom stereocenters. The lowest BCUT2D eigenvalue weighted by atomic mass is 10.0. The van der Waals surface area contributed by atoms with E-state index in [4.69, 9.17) is 0 Å². The van der Waals surface area contributed by atoms with Crippen LogP contribution >= 0.6 is 0 Å². The fourth-order valence-electron chi connectivity index (χ4n) is 3.01. The molecule has 1 nitrogen and oxygen atoms in total. The second kappa shape index (κ2) is 5.19. The van der Waals surface area contributed by atoms with Crippen molar-refractivity contribution in [1.82, 2.24) is 4.98 Å². The van der Waals surface area contributed by atoms with Crippen LogP contribution in [0.4, 0.5) is 0 Å². The van der Waals surface area contributed by atoms with Crippen molar-refractivity contribution in [2.75, 3.05) is 0 Å². The molecule has 1 heteroatoms. The Hall–Kier alpha value is -2.80. The summed E-state index contributed by atoms with van der Waals surface area (Å²) in [5, 5.41) is 2.59. The van der Waals surface area contributed by atoms with Crippen LogP contribution in [0, 0.1) is 0 Å². The minimum absolute atomic E-state index is 0.951. The third-order valence-electron chi connectivity index (χ3n) is 4.19. The molecule has 0 fully saturated rings. The van der Waals surface area contributed by atoms with Crippen LogP contribution in [0.3, 0.4) is 0 Å². The molecule has 106 valence electrons. The number of H-pyrrole nitrogens is 1. The molecule has 0 aliphatic heterocycles. The van der Waals surface area contributed by atoms with Crippen molar-refractivity contribution in [2.24, 2.45) is 0 Å². The van der Waals surface area contributed by atoms with Crippen LogP contribution in [0.2, 0.25) is 0 Å². The molecule has 0 aliphatic rings. The van der Waals surface area contributed by atoms with Crippen LogP contribution in [0.25, 0.3) is 27.9 Å². The SMILES string of the molecule is C=Cc1ccc(Cc2ccc3[nH]c4ccccc4c3c2)cc1. The molecule has 0 bridgehead atoms. The third kappa shape index (κ3) is 2.21. The molecular formula is C21H17N. The molecule has 0 amide bonds. The number of benzene rings is 3. The van der Waals surface area contributed by atoms with Crippen molar-refractivity contribution in [3.05, 3.63) is 90.0 Å². The van der Waals surface area contributed by atoms with Gasteiger partial charge in [0.05, 0.1) is 0 Å². The highest BCUT2D eigenvalue weighted by atomic mass is 14.7. The van der Waals surface area contributed by atoms with E-state index in [-0.39, 0.29) is 0 Å². The van der Waals surface area contributed by atoms with Gasteiger partial charge in [0.2, 0.25) is 0 Å². The van der Waals surface area contributed by atoms with Crippen molar-refractivity contribution < 1.29 is 0 Å². The van der Waals surface area contributed by atoms with Gasteiger partial charge >= 0.3 is 0 Å². The van der Waals surface area contributed by atoms with Crippen molar-refractivity contribution >= 4 is 27.9 Å². The molecule has 0 saturated carbocycles. The zero-order valence-electron chi connectivity index (χ0n) is 12.3.